The van der Waals surface area contributed by atoms with E-state index in [9.17, 15) is 9.50 Å². The summed E-state index contributed by atoms with van der Waals surface area (Å²) in [5.74, 6) is 0.799. The van der Waals surface area contributed by atoms with Crippen molar-refractivity contribution in [1.29, 1.82) is 0 Å². The molecule has 0 aliphatic carbocycles. The van der Waals surface area contributed by atoms with Crippen LogP contribution in [0.3, 0.4) is 0 Å². The summed E-state index contributed by atoms with van der Waals surface area (Å²) in [5, 5.41) is 24.7. The Morgan fingerprint density at radius 1 is 1.34 bits per heavy atom. The van der Waals surface area contributed by atoms with Gasteiger partial charge in [-0.1, -0.05) is 19.9 Å². The first-order valence-electron chi connectivity index (χ1n) is 10.0. The molecule has 1 fully saturated rings. The number of hydrogen-bond donors (Lipinski definition) is 4. The molecule has 4 N–H and O–H groups in total. The minimum atomic E-state index is -0.371. The van der Waals surface area contributed by atoms with E-state index in [2.05, 4.69) is 34.8 Å². The number of fused-ring (bicyclic) bond motifs is 1. The molecule has 1 aliphatic rings. The van der Waals surface area contributed by atoms with Crippen molar-refractivity contribution in [2.24, 2.45) is 5.92 Å². The zero-order valence-electron chi connectivity index (χ0n) is 16.7. The summed E-state index contributed by atoms with van der Waals surface area (Å²) < 4.78 is 15.4. The second-order valence-electron chi connectivity index (χ2n) is 7.85. The summed E-state index contributed by atoms with van der Waals surface area (Å²) in [4.78, 5) is 4.53. The van der Waals surface area contributed by atoms with Gasteiger partial charge in [-0.05, 0) is 37.1 Å². The lowest BCUT2D eigenvalue weighted by atomic mass is 9.95. The van der Waals surface area contributed by atoms with Crippen LogP contribution in [0.1, 0.15) is 31.9 Å². The van der Waals surface area contributed by atoms with E-state index in [-0.39, 0.29) is 23.8 Å². The number of aliphatic hydroxyl groups excluding tert-OH is 1. The van der Waals surface area contributed by atoms with Crippen LogP contribution in [0.15, 0.2) is 36.5 Å². The van der Waals surface area contributed by atoms with E-state index in [4.69, 9.17) is 5.10 Å². The summed E-state index contributed by atoms with van der Waals surface area (Å²) in [6.07, 6.45) is 2.36. The third-order valence-electron chi connectivity index (χ3n) is 5.32. The van der Waals surface area contributed by atoms with Gasteiger partial charge in [-0.2, -0.15) is 0 Å². The van der Waals surface area contributed by atoms with E-state index in [1.54, 1.807) is 6.07 Å². The molecule has 0 bridgehead atoms. The van der Waals surface area contributed by atoms with Gasteiger partial charge in [-0.3, -0.25) is 0 Å². The Balaban J connectivity index is 1.65. The molecule has 3 aromatic rings. The predicted molar refractivity (Wildman–Crippen MR) is 112 cm³/mol. The van der Waals surface area contributed by atoms with Crippen LogP contribution in [-0.4, -0.2) is 45.4 Å². The van der Waals surface area contributed by atoms with Crippen molar-refractivity contribution < 1.29 is 9.50 Å². The third kappa shape index (κ3) is 4.33. The van der Waals surface area contributed by atoms with Crippen molar-refractivity contribution in [1.82, 2.24) is 19.9 Å². The largest absolute Gasteiger partial charge is 0.391 e. The van der Waals surface area contributed by atoms with Crippen LogP contribution in [0.25, 0.3) is 5.65 Å². The van der Waals surface area contributed by atoms with Gasteiger partial charge in [-0.25, -0.2) is 13.9 Å². The van der Waals surface area contributed by atoms with Crippen LogP contribution < -0.4 is 16.0 Å². The maximum atomic E-state index is 13.6. The second-order valence-corrected chi connectivity index (χ2v) is 7.85. The first kappa shape index (κ1) is 19.6. The molecule has 0 spiro atoms. The monoisotopic (exact) mass is 398 g/mol. The quantitative estimate of drug-likeness (QED) is 0.510. The molecule has 2 atom stereocenters. The molecule has 0 unspecified atom stereocenters. The standard InChI is InChI=1S/C21H27FN6O/c1-13(2)18-11-25-21-17(26-16-5-3-4-15(22)8-16)9-20(27-28(18)21)24-10-14-6-7-23-12-19(14)29/h3-5,8-9,11,13-14,19,23,26,29H,6-7,10,12H2,1-2H3,(H,24,27)/t14-,19+/m1/s1. The number of aromatic nitrogens is 3. The number of nitrogens with one attached hydrogen (secondary N) is 3. The zero-order valence-corrected chi connectivity index (χ0v) is 16.7. The van der Waals surface area contributed by atoms with Gasteiger partial charge in [0.2, 0.25) is 0 Å². The number of imidazole rings is 1. The number of halogens is 1. The van der Waals surface area contributed by atoms with Gasteiger partial charge < -0.3 is 21.1 Å². The lowest BCUT2D eigenvalue weighted by Gasteiger charge is -2.28. The maximum absolute atomic E-state index is 13.6. The molecule has 4 rings (SSSR count). The highest BCUT2D eigenvalue weighted by molar-refractivity contribution is 5.76. The highest BCUT2D eigenvalue weighted by Gasteiger charge is 2.23. The first-order valence-corrected chi connectivity index (χ1v) is 10.0. The first-order chi connectivity index (χ1) is 14.0. The van der Waals surface area contributed by atoms with Crippen LogP contribution in [0, 0.1) is 11.7 Å². The van der Waals surface area contributed by atoms with Crippen LogP contribution in [0.2, 0.25) is 0 Å². The van der Waals surface area contributed by atoms with Crippen LogP contribution >= 0.6 is 0 Å². The fourth-order valence-corrected chi connectivity index (χ4v) is 3.65. The van der Waals surface area contributed by atoms with E-state index < -0.39 is 0 Å². The average Bonchev–Trinajstić information content (AvgIpc) is 3.12. The molecule has 1 aliphatic heterocycles. The molecule has 0 radical (unpaired) electrons. The minimum Gasteiger partial charge on any atom is -0.391 e. The Labute approximate surface area is 169 Å². The highest BCUT2D eigenvalue weighted by atomic mass is 19.1. The van der Waals surface area contributed by atoms with Crippen molar-refractivity contribution in [2.75, 3.05) is 30.3 Å². The summed E-state index contributed by atoms with van der Waals surface area (Å²) in [6.45, 7) is 6.34. The molecular weight excluding hydrogens is 371 g/mol. The molecule has 1 saturated heterocycles. The molecular formula is C21H27FN6O. The number of rotatable bonds is 6. The smallest absolute Gasteiger partial charge is 0.177 e. The molecule has 29 heavy (non-hydrogen) atoms. The fourth-order valence-electron chi connectivity index (χ4n) is 3.65. The summed E-state index contributed by atoms with van der Waals surface area (Å²) in [6, 6.07) is 8.22. The summed E-state index contributed by atoms with van der Waals surface area (Å²) >= 11 is 0. The number of nitrogens with zero attached hydrogens (tertiary/aromatic N) is 3. The van der Waals surface area contributed by atoms with Crippen LogP contribution in [0.4, 0.5) is 21.6 Å². The Morgan fingerprint density at radius 3 is 2.97 bits per heavy atom. The number of aliphatic hydroxyl groups is 1. The Kier molecular flexibility index (Phi) is 5.64. The predicted octanol–water partition coefficient (Wildman–Crippen LogP) is 3.12. The van der Waals surface area contributed by atoms with Crippen LogP contribution in [-0.2, 0) is 0 Å². The van der Waals surface area contributed by atoms with Crippen molar-refractivity contribution in [3.8, 4) is 0 Å². The van der Waals surface area contributed by atoms with Crippen molar-refractivity contribution in [3.05, 3.63) is 48.0 Å². The van der Waals surface area contributed by atoms with E-state index in [0.717, 1.165) is 24.3 Å². The molecule has 2 aromatic heterocycles. The van der Waals surface area contributed by atoms with E-state index in [0.29, 0.717) is 30.2 Å². The molecule has 0 amide bonds. The third-order valence-corrected chi connectivity index (χ3v) is 5.32. The lowest BCUT2D eigenvalue weighted by Crippen LogP contribution is -2.43. The van der Waals surface area contributed by atoms with Gasteiger partial charge in [0.1, 0.15) is 11.6 Å². The van der Waals surface area contributed by atoms with Crippen LogP contribution in [0.5, 0.6) is 0 Å². The van der Waals surface area contributed by atoms with Gasteiger partial charge in [0.25, 0.3) is 0 Å². The maximum Gasteiger partial charge on any atom is 0.177 e. The Bertz CT molecular complexity index is 988. The van der Waals surface area contributed by atoms with Gasteiger partial charge in [-0.15, -0.1) is 5.10 Å². The van der Waals surface area contributed by atoms with Crippen molar-refractivity contribution >= 4 is 22.8 Å². The minimum absolute atomic E-state index is 0.167. The SMILES string of the molecule is CC(C)c1cnc2c(Nc3cccc(F)c3)cc(NC[C@H]3CCNC[C@@H]3O)nn12. The number of piperidine rings is 1. The fraction of sp³-hybridized carbons (Fsp3) is 0.429. The van der Waals surface area contributed by atoms with E-state index in [1.165, 1.54) is 12.1 Å². The molecule has 3 heterocycles. The van der Waals surface area contributed by atoms with E-state index in [1.807, 2.05) is 22.8 Å². The number of benzene rings is 1. The topological polar surface area (TPSA) is 86.5 Å². The number of hydrogen-bond acceptors (Lipinski definition) is 6. The Hall–Kier alpha value is -2.71. The van der Waals surface area contributed by atoms with E-state index >= 15 is 0 Å². The van der Waals surface area contributed by atoms with Gasteiger partial charge >= 0.3 is 0 Å². The molecule has 154 valence electrons. The average molecular weight is 398 g/mol. The normalized spacial score (nSPS) is 19.6. The van der Waals surface area contributed by atoms with Crippen molar-refractivity contribution in [2.45, 2.75) is 32.3 Å². The number of β-amino-alcohol motifs (C(OH)–C–C–N with tert-alkyl or cyclic N) is 1. The van der Waals surface area contributed by atoms with Gasteiger partial charge in [0.15, 0.2) is 5.65 Å². The van der Waals surface area contributed by atoms with Gasteiger partial charge in [0, 0.05) is 30.8 Å². The lowest BCUT2D eigenvalue weighted by molar-refractivity contribution is 0.0883. The second kappa shape index (κ2) is 8.34. The Morgan fingerprint density at radius 2 is 2.21 bits per heavy atom. The molecule has 8 heteroatoms. The van der Waals surface area contributed by atoms with Gasteiger partial charge in [0.05, 0.1) is 23.7 Å². The summed E-state index contributed by atoms with van der Waals surface area (Å²) in [7, 11) is 0. The van der Waals surface area contributed by atoms with Crippen molar-refractivity contribution in [3.63, 3.8) is 0 Å². The molecule has 7 nitrogen and oxygen atoms in total. The molecule has 1 aromatic carbocycles. The highest BCUT2D eigenvalue weighted by Crippen LogP contribution is 2.27. The number of anilines is 3. The zero-order chi connectivity index (χ0) is 20.4. The molecule has 0 saturated carbocycles. The summed E-state index contributed by atoms with van der Waals surface area (Å²) in [5.41, 5.74) is 3.07.